The van der Waals surface area contributed by atoms with Gasteiger partial charge in [0.1, 0.15) is 6.04 Å². The molecular weight excluding hydrogens is 178 g/mol. The zero-order chi connectivity index (χ0) is 8.65. The van der Waals surface area contributed by atoms with Crippen molar-refractivity contribution >= 4 is 18.4 Å². The number of likely N-dealkylation sites (tertiary alicyclic amines) is 1. The lowest BCUT2D eigenvalue weighted by Crippen LogP contribution is -2.32. The van der Waals surface area contributed by atoms with Crippen molar-refractivity contribution in [2.75, 3.05) is 13.6 Å². The van der Waals surface area contributed by atoms with E-state index in [1.807, 2.05) is 11.9 Å². The Morgan fingerprint density at radius 2 is 2.08 bits per heavy atom. The van der Waals surface area contributed by atoms with Gasteiger partial charge in [-0.05, 0) is 18.9 Å². The van der Waals surface area contributed by atoms with E-state index in [-0.39, 0.29) is 23.9 Å². The summed E-state index contributed by atoms with van der Waals surface area (Å²) < 4.78 is 0. The van der Waals surface area contributed by atoms with Crippen molar-refractivity contribution in [1.82, 2.24) is 4.90 Å². The van der Waals surface area contributed by atoms with Crippen molar-refractivity contribution in [3.8, 4) is 0 Å². The molecule has 1 fully saturated rings. The molecule has 3 nitrogen and oxygen atoms in total. The van der Waals surface area contributed by atoms with Gasteiger partial charge in [0.15, 0.2) is 0 Å². The number of carboxylic acids is 1. The summed E-state index contributed by atoms with van der Waals surface area (Å²) in [6.07, 6.45) is 0.763. The molecule has 12 heavy (non-hydrogen) atoms. The fourth-order valence-corrected chi connectivity index (χ4v) is 1.80. The highest BCUT2D eigenvalue weighted by Gasteiger charge is 2.38. The van der Waals surface area contributed by atoms with Crippen LogP contribution in [0.1, 0.15) is 20.3 Å². The molecule has 1 heterocycles. The predicted molar refractivity (Wildman–Crippen MR) is 49.7 cm³/mol. The summed E-state index contributed by atoms with van der Waals surface area (Å²) in [6, 6.07) is -0.273. The van der Waals surface area contributed by atoms with Crippen LogP contribution in [0.15, 0.2) is 0 Å². The van der Waals surface area contributed by atoms with E-state index in [2.05, 4.69) is 13.8 Å². The smallest absolute Gasteiger partial charge is 0.320 e. The largest absolute Gasteiger partial charge is 0.480 e. The molecule has 72 valence electrons. The normalized spacial score (nSPS) is 28.1. The number of rotatable bonds is 1. The summed E-state index contributed by atoms with van der Waals surface area (Å²) >= 11 is 0. The van der Waals surface area contributed by atoms with Gasteiger partial charge in [0.2, 0.25) is 0 Å². The van der Waals surface area contributed by atoms with Crippen molar-refractivity contribution in [1.29, 1.82) is 0 Å². The van der Waals surface area contributed by atoms with Crippen LogP contribution in [-0.4, -0.2) is 35.6 Å². The zero-order valence-corrected chi connectivity index (χ0v) is 8.52. The summed E-state index contributed by atoms with van der Waals surface area (Å²) in [7, 11) is 1.87. The van der Waals surface area contributed by atoms with E-state index < -0.39 is 5.97 Å². The van der Waals surface area contributed by atoms with Gasteiger partial charge in [-0.3, -0.25) is 9.69 Å². The number of nitrogens with zero attached hydrogens (tertiary/aromatic N) is 1. The molecular formula is C8H16ClNO2. The van der Waals surface area contributed by atoms with Crippen LogP contribution in [0.25, 0.3) is 0 Å². The lowest BCUT2D eigenvalue weighted by Gasteiger charge is -2.15. The van der Waals surface area contributed by atoms with Gasteiger partial charge < -0.3 is 5.11 Å². The van der Waals surface area contributed by atoms with Crippen LogP contribution in [-0.2, 0) is 4.79 Å². The van der Waals surface area contributed by atoms with Crippen LogP contribution in [0.3, 0.4) is 0 Å². The van der Waals surface area contributed by atoms with Gasteiger partial charge in [0.05, 0.1) is 0 Å². The molecule has 1 aliphatic heterocycles. The standard InChI is InChI=1S/C8H15NO2.ClH/c1-8(2)4-6(7(10)11)9(3)5-8;/h6H,4-5H2,1-3H3,(H,10,11);1H. The van der Waals surface area contributed by atoms with Gasteiger partial charge in [-0.2, -0.15) is 0 Å². The first-order valence-corrected chi connectivity index (χ1v) is 3.85. The second-order valence-electron chi connectivity index (χ2n) is 4.14. The highest BCUT2D eigenvalue weighted by Crippen LogP contribution is 2.32. The molecule has 0 spiro atoms. The minimum Gasteiger partial charge on any atom is -0.480 e. The third-order valence-corrected chi connectivity index (χ3v) is 2.24. The molecule has 1 aliphatic rings. The summed E-state index contributed by atoms with van der Waals surface area (Å²) in [6.45, 7) is 5.09. The summed E-state index contributed by atoms with van der Waals surface area (Å²) in [4.78, 5) is 12.6. The predicted octanol–water partition coefficient (Wildman–Crippen LogP) is 1.22. The maximum absolute atomic E-state index is 10.7. The maximum atomic E-state index is 10.7. The Morgan fingerprint density at radius 3 is 2.25 bits per heavy atom. The molecule has 4 heteroatoms. The van der Waals surface area contributed by atoms with Gasteiger partial charge in [-0.15, -0.1) is 12.4 Å². The molecule has 0 aliphatic carbocycles. The quantitative estimate of drug-likeness (QED) is 0.681. The van der Waals surface area contributed by atoms with Crippen LogP contribution < -0.4 is 0 Å². The molecule has 1 N–H and O–H groups in total. The molecule has 0 bridgehead atoms. The van der Waals surface area contributed by atoms with Crippen molar-refractivity contribution in [3.63, 3.8) is 0 Å². The molecule has 1 unspecified atom stereocenters. The first kappa shape index (κ1) is 11.7. The van der Waals surface area contributed by atoms with E-state index in [0.717, 1.165) is 13.0 Å². The molecule has 0 aromatic heterocycles. The summed E-state index contributed by atoms with van der Waals surface area (Å²) in [5, 5.41) is 8.77. The summed E-state index contributed by atoms with van der Waals surface area (Å²) in [5.41, 5.74) is 0.164. The van der Waals surface area contributed by atoms with E-state index in [9.17, 15) is 4.79 Å². The van der Waals surface area contributed by atoms with E-state index in [1.165, 1.54) is 0 Å². The van der Waals surface area contributed by atoms with Crippen LogP contribution >= 0.6 is 12.4 Å². The number of likely N-dealkylation sites (N-methyl/N-ethyl adjacent to an activating group) is 1. The molecule has 1 saturated heterocycles. The highest BCUT2D eigenvalue weighted by atomic mass is 35.5. The molecule has 0 aromatic carbocycles. The van der Waals surface area contributed by atoms with Gasteiger partial charge in [0, 0.05) is 6.54 Å². The molecule has 0 radical (unpaired) electrons. The van der Waals surface area contributed by atoms with Crippen molar-refractivity contribution in [3.05, 3.63) is 0 Å². The first-order chi connectivity index (χ1) is 4.92. The highest BCUT2D eigenvalue weighted by molar-refractivity contribution is 5.85. The molecule has 0 amide bonds. The van der Waals surface area contributed by atoms with E-state index >= 15 is 0 Å². The van der Waals surface area contributed by atoms with Crippen LogP contribution in [0, 0.1) is 5.41 Å². The average molecular weight is 194 g/mol. The second-order valence-corrected chi connectivity index (χ2v) is 4.14. The number of hydrogen-bond donors (Lipinski definition) is 1. The Morgan fingerprint density at radius 1 is 1.58 bits per heavy atom. The van der Waals surface area contributed by atoms with E-state index in [1.54, 1.807) is 0 Å². The van der Waals surface area contributed by atoms with Crippen LogP contribution in [0.4, 0.5) is 0 Å². The second kappa shape index (κ2) is 3.62. The van der Waals surface area contributed by atoms with Gasteiger partial charge in [0.25, 0.3) is 0 Å². The maximum Gasteiger partial charge on any atom is 0.320 e. The van der Waals surface area contributed by atoms with Gasteiger partial charge >= 0.3 is 5.97 Å². The topological polar surface area (TPSA) is 40.5 Å². The number of halogens is 1. The number of hydrogen-bond acceptors (Lipinski definition) is 2. The Kier molecular flexibility index (Phi) is 3.54. The lowest BCUT2D eigenvalue weighted by molar-refractivity contribution is -0.141. The SMILES string of the molecule is CN1CC(C)(C)CC1C(=O)O.Cl. The minimum absolute atomic E-state index is 0. The molecule has 0 aromatic rings. The fraction of sp³-hybridized carbons (Fsp3) is 0.875. The fourth-order valence-electron chi connectivity index (χ4n) is 1.80. The summed E-state index contributed by atoms with van der Waals surface area (Å²) in [5.74, 6) is -0.696. The first-order valence-electron chi connectivity index (χ1n) is 3.85. The van der Waals surface area contributed by atoms with Gasteiger partial charge in [-0.25, -0.2) is 0 Å². The minimum atomic E-state index is -0.696. The lowest BCUT2D eigenvalue weighted by atomic mass is 9.91. The number of carboxylic acid groups (broad SMARTS) is 1. The Labute approximate surface area is 79.2 Å². The van der Waals surface area contributed by atoms with Crippen molar-refractivity contribution < 1.29 is 9.90 Å². The van der Waals surface area contributed by atoms with Crippen LogP contribution in [0.5, 0.6) is 0 Å². The Bertz CT molecular complexity index is 182. The molecule has 1 rings (SSSR count). The third-order valence-electron chi connectivity index (χ3n) is 2.24. The number of carbonyl (C=O) groups is 1. The third kappa shape index (κ3) is 2.35. The van der Waals surface area contributed by atoms with Crippen LogP contribution in [0.2, 0.25) is 0 Å². The van der Waals surface area contributed by atoms with Crippen molar-refractivity contribution in [2.45, 2.75) is 26.3 Å². The monoisotopic (exact) mass is 193 g/mol. The number of aliphatic carboxylic acids is 1. The van der Waals surface area contributed by atoms with E-state index in [4.69, 9.17) is 5.11 Å². The zero-order valence-electron chi connectivity index (χ0n) is 7.70. The Hall–Kier alpha value is -0.280. The average Bonchev–Trinajstić information content (AvgIpc) is 2.05. The molecule has 0 saturated carbocycles. The van der Waals surface area contributed by atoms with Crippen molar-refractivity contribution in [2.24, 2.45) is 5.41 Å². The van der Waals surface area contributed by atoms with Gasteiger partial charge in [-0.1, -0.05) is 13.8 Å². The molecule has 1 atom stereocenters. The Balaban J connectivity index is 0.00000121. The van der Waals surface area contributed by atoms with E-state index in [0.29, 0.717) is 0 Å².